The van der Waals surface area contributed by atoms with Crippen molar-refractivity contribution in [2.45, 2.75) is 12.5 Å². The fourth-order valence-electron chi connectivity index (χ4n) is 3.25. The maximum atomic E-state index is 12.5. The minimum atomic E-state index is -0.0322. The van der Waals surface area contributed by atoms with E-state index in [1.54, 1.807) is 23.2 Å². The number of para-hydroxylation sites is 1. The molecular formula is C22H19ClN2O2. The predicted molar refractivity (Wildman–Crippen MR) is 108 cm³/mol. The summed E-state index contributed by atoms with van der Waals surface area (Å²) in [6, 6.07) is 17.3. The van der Waals surface area contributed by atoms with E-state index in [0.29, 0.717) is 18.1 Å². The Hall–Kier alpha value is -2.85. The van der Waals surface area contributed by atoms with Gasteiger partial charge in [0.15, 0.2) is 0 Å². The predicted octanol–water partition coefficient (Wildman–Crippen LogP) is 4.58. The van der Waals surface area contributed by atoms with Crippen LogP contribution in [0.4, 0.5) is 0 Å². The third kappa shape index (κ3) is 3.96. The molecule has 1 aliphatic rings. The second-order valence-corrected chi connectivity index (χ2v) is 6.91. The van der Waals surface area contributed by atoms with Gasteiger partial charge >= 0.3 is 0 Å². The van der Waals surface area contributed by atoms with Crippen LogP contribution in [0.25, 0.3) is 17.0 Å². The number of aromatic nitrogens is 1. The van der Waals surface area contributed by atoms with E-state index in [1.165, 1.54) is 0 Å². The molecule has 0 radical (unpaired) electrons. The number of carbonyl (C=O) groups is 1. The van der Waals surface area contributed by atoms with Gasteiger partial charge in [-0.25, -0.2) is 0 Å². The highest BCUT2D eigenvalue weighted by Crippen LogP contribution is 2.26. The molecule has 27 heavy (non-hydrogen) atoms. The van der Waals surface area contributed by atoms with E-state index < -0.39 is 0 Å². The van der Waals surface area contributed by atoms with Crippen LogP contribution in [0.5, 0.6) is 5.75 Å². The van der Waals surface area contributed by atoms with Crippen molar-refractivity contribution in [1.82, 2.24) is 9.88 Å². The van der Waals surface area contributed by atoms with Crippen LogP contribution in [-0.4, -0.2) is 35.0 Å². The molecule has 2 aromatic carbocycles. The number of pyridine rings is 1. The first-order valence-electron chi connectivity index (χ1n) is 8.92. The third-order valence-electron chi connectivity index (χ3n) is 4.66. The van der Waals surface area contributed by atoms with Gasteiger partial charge in [0, 0.05) is 35.6 Å². The standard InChI is InChI=1S/C22H19ClN2O2/c23-19-8-2-1-5-16(19)10-11-21(26)25-14-12-18(15-25)27-20-9-3-6-17-7-4-13-24-22(17)20/h1-11,13,18H,12,14-15H2. The van der Waals surface area contributed by atoms with Gasteiger partial charge in [0.05, 0.1) is 6.54 Å². The summed E-state index contributed by atoms with van der Waals surface area (Å²) in [4.78, 5) is 18.7. The molecule has 4 nitrogen and oxygen atoms in total. The van der Waals surface area contributed by atoms with Gasteiger partial charge in [-0.1, -0.05) is 48.0 Å². The van der Waals surface area contributed by atoms with Gasteiger partial charge in [-0.2, -0.15) is 0 Å². The van der Waals surface area contributed by atoms with Crippen LogP contribution in [0, 0.1) is 0 Å². The van der Waals surface area contributed by atoms with E-state index in [4.69, 9.17) is 16.3 Å². The van der Waals surface area contributed by atoms with Crippen molar-refractivity contribution in [3.05, 3.63) is 77.5 Å². The molecule has 5 heteroatoms. The highest BCUT2D eigenvalue weighted by atomic mass is 35.5. The summed E-state index contributed by atoms with van der Waals surface area (Å²) in [7, 11) is 0. The van der Waals surface area contributed by atoms with Crippen molar-refractivity contribution in [3.63, 3.8) is 0 Å². The molecule has 0 N–H and O–H groups in total. The van der Waals surface area contributed by atoms with Crippen LogP contribution >= 0.6 is 11.6 Å². The van der Waals surface area contributed by atoms with Crippen LogP contribution in [0.1, 0.15) is 12.0 Å². The average molecular weight is 379 g/mol. The smallest absolute Gasteiger partial charge is 0.246 e. The maximum Gasteiger partial charge on any atom is 0.246 e. The molecule has 1 aromatic heterocycles. The number of rotatable bonds is 4. The molecule has 2 heterocycles. The summed E-state index contributed by atoms with van der Waals surface area (Å²) in [5, 5.41) is 1.68. The molecule has 0 aliphatic carbocycles. The first-order valence-corrected chi connectivity index (χ1v) is 9.30. The average Bonchev–Trinajstić information content (AvgIpc) is 3.16. The van der Waals surface area contributed by atoms with E-state index in [2.05, 4.69) is 4.98 Å². The molecule has 1 fully saturated rings. The summed E-state index contributed by atoms with van der Waals surface area (Å²) in [5.74, 6) is 0.732. The molecule has 0 saturated carbocycles. The lowest BCUT2D eigenvalue weighted by Gasteiger charge is -2.16. The number of carbonyl (C=O) groups excluding carboxylic acids is 1. The number of ether oxygens (including phenoxy) is 1. The summed E-state index contributed by atoms with van der Waals surface area (Å²) in [5.41, 5.74) is 1.68. The lowest BCUT2D eigenvalue weighted by Crippen LogP contribution is -2.29. The third-order valence-corrected chi connectivity index (χ3v) is 5.00. The van der Waals surface area contributed by atoms with Crippen molar-refractivity contribution < 1.29 is 9.53 Å². The molecule has 1 saturated heterocycles. The molecule has 1 unspecified atom stereocenters. The number of benzene rings is 2. The number of fused-ring (bicyclic) bond motifs is 1. The molecule has 1 aliphatic heterocycles. The van der Waals surface area contributed by atoms with Gasteiger partial charge in [-0.15, -0.1) is 0 Å². The molecular weight excluding hydrogens is 360 g/mol. The van der Waals surface area contributed by atoms with E-state index >= 15 is 0 Å². The Bertz CT molecular complexity index is 997. The lowest BCUT2D eigenvalue weighted by atomic mass is 10.2. The van der Waals surface area contributed by atoms with Gasteiger partial charge in [-0.3, -0.25) is 9.78 Å². The largest absolute Gasteiger partial charge is 0.486 e. The maximum absolute atomic E-state index is 12.5. The van der Waals surface area contributed by atoms with Crippen LogP contribution in [0.15, 0.2) is 66.9 Å². The van der Waals surface area contributed by atoms with Crippen LogP contribution in [0.2, 0.25) is 5.02 Å². The van der Waals surface area contributed by atoms with Gasteiger partial charge < -0.3 is 9.64 Å². The Kier molecular flexibility index (Phi) is 5.07. The van der Waals surface area contributed by atoms with Crippen molar-refractivity contribution in [1.29, 1.82) is 0 Å². The topological polar surface area (TPSA) is 42.4 Å². The zero-order valence-corrected chi connectivity index (χ0v) is 15.5. The number of amides is 1. The molecule has 0 spiro atoms. The molecule has 136 valence electrons. The highest BCUT2D eigenvalue weighted by Gasteiger charge is 2.27. The SMILES string of the molecule is O=C(C=Cc1ccccc1Cl)N1CCC(Oc2cccc3cccnc23)C1. The Morgan fingerprint density at radius 1 is 1.15 bits per heavy atom. The van der Waals surface area contributed by atoms with Crippen LogP contribution in [-0.2, 0) is 4.79 Å². The monoisotopic (exact) mass is 378 g/mol. The Morgan fingerprint density at radius 2 is 2.00 bits per heavy atom. The minimum Gasteiger partial charge on any atom is -0.486 e. The van der Waals surface area contributed by atoms with Gasteiger partial charge in [0.25, 0.3) is 0 Å². The van der Waals surface area contributed by atoms with E-state index in [1.807, 2.05) is 54.6 Å². The molecule has 3 aromatic rings. The minimum absolute atomic E-state index is 0.0305. The number of nitrogens with zero attached hydrogens (tertiary/aromatic N) is 2. The zero-order valence-electron chi connectivity index (χ0n) is 14.7. The number of hydrogen-bond donors (Lipinski definition) is 0. The highest BCUT2D eigenvalue weighted by molar-refractivity contribution is 6.32. The molecule has 0 bridgehead atoms. The summed E-state index contributed by atoms with van der Waals surface area (Å²) >= 11 is 6.13. The summed E-state index contributed by atoms with van der Waals surface area (Å²) in [6.45, 7) is 1.24. The van der Waals surface area contributed by atoms with E-state index in [-0.39, 0.29) is 12.0 Å². The van der Waals surface area contributed by atoms with Crippen LogP contribution < -0.4 is 4.74 Å². The Morgan fingerprint density at radius 3 is 2.89 bits per heavy atom. The fraction of sp³-hybridized carbons (Fsp3) is 0.182. The van der Waals surface area contributed by atoms with Crippen LogP contribution in [0.3, 0.4) is 0 Å². The number of likely N-dealkylation sites (tertiary alicyclic amines) is 1. The van der Waals surface area contributed by atoms with Crippen molar-refractivity contribution >= 4 is 34.5 Å². The quantitative estimate of drug-likeness (QED) is 0.624. The number of halogens is 1. The fourth-order valence-corrected chi connectivity index (χ4v) is 3.45. The van der Waals surface area contributed by atoms with Gasteiger partial charge in [0.2, 0.25) is 5.91 Å². The van der Waals surface area contributed by atoms with Gasteiger partial charge in [-0.05, 0) is 29.8 Å². The van der Waals surface area contributed by atoms with Crippen molar-refractivity contribution in [3.8, 4) is 5.75 Å². The Labute approximate surface area is 163 Å². The van der Waals surface area contributed by atoms with E-state index in [0.717, 1.165) is 28.6 Å². The first-order chi connectivity index (χ1) is 13.2. The number of hydrogen-bond acceptors (Lipinski definition) is 3. The lowest BCUT2D eigenvalue weighted by molar-refractivity contribution is -0.125. The second kappa shape index (κ2) is 7.80. The van der Waals surface area contributed by atoms with E-state index in [9.17, 15) is 4.79 Å². The van der Waals surface area contributed by atoms with Gasteiger partial charge in [0.1, 0.15) is 17.4 Å². The Balaban J connectivity index is 1.41. The van der Waals surface area contributed by atoms with Crippen molar-refractivity contribution in [2.75, 3.05) is 13.1 Å². The zero-order chi connectivity index (χ0) is 18.6. The molecule has 1 amide bonds. The summed E-state index contributed by atoms with van der Waals surface area (Å²) in [6.07, 6.45) is 5.86. The normalized spacial score (nSPS) is 16.9. The molecule has 4 rings (SSSR count). The second-order valence-electron chi connectivity index (χ2n) is 6.50. The first kappa shape index (κ1) is 17.6. The summed E-state index contributed by atoms with van der Waals surface area (Å²) < 4.78 is 6.15. The molecule has 1 atom stereocenters. The van der Waals surface area contributed by atoms with Crippen molar-refractivity contribution in [2.24, 2.45) is 0 Å².